The van der Waals surface area contributed by atoms with Gasteiger partial charge in [0.15, 0.2) is 0 Å². The number of nitrogens with one attached hydrogen (secondary N) is 1. The number of hydrogen-bond donors (Lipinski definition) is 1. The Labute approximate surface area is 96.1 Å². The van der Waals surface area contributed by atoms with Gasteiger partial charge in [0.1, 0.15) is 0 Å². The summed E-state index contributed by atoms with van der Waals surface area (Å²) in [4.78, 5) is 0. The average molecular weight is 215 g/mol. The van der Waals surface area contributed by atoms with Crippen LogP contribution in [0.2, 0.25) is 0 Å². The van der Waals surface area contributed by atoms with Crippen LogP contribution in [0.3, 0.4) is 0 Å². The fourth-order valence-electron chi connectivity index (χ4n) is 2.01. The van der Waals surface area contributed by atoms with Crippen molar-refractivity contribution in [3.63, 3.8) is 0 Å². The molecule has 0 radical (unpaired) electrons. The number of benzene rings is 1. The molecule has 1 aromatic heterocycles. The van der Waals surface area contributed by atoms with Crippen molar-refractivity contribution in [2.24, 2.45) is 0 Å². The van der Waals surface area contributed by atoms with Crippen LogP contribution >= 0.6 is 0 Å². The van der Waals surface area contributed by atoms with Crippen molar-refractivity contribution < 1.29 is 0 Å². The average Bonchev–Trinajstić information content (AvgIpc) is 2.66. The van der Waals surface area contributed by atoms with E-state index in [4.69, 9.17) is 0 Å². The number of anilines is 1. The minimum Gasteiger partial charge on any atom is -0.385 e. The Morgan fingerprint density at radius 2 is 1.94 bits per heavy atom. The van der Waals surface area contributed by atoms with Crippen molar-refractivity contribution in [2.75, 3.05) is 12.4 Å². The third kappa shape index (κ3) is 1.69. The molecule has 0 aliphatic rings. The molecule has 16 heavy (non-hydrogen) atoms. The summed E-state index contributed by atoms with van der Waals surface area (Å²) in [5.41, 5.74) is 4.53. The van der Waals surface area contributed by atoms with Crippen LogP contribution < -0.4 is 5.32 Å². The highest BCUT2D eigenvalue weighted by Gasteiger charge is 2.12. The number of rotatable bonds is 3. The summed E-state index contributed by atoms with van der Waals surface area (Å²) in [5.74, 6) is 0. The van der Waals surface area contributed by atoms with E-state index < -0.39 is 0 Å². The van der Waals surface area contributed by atoms with Gasteiger partial charge < -0.3 is 5.32 Å². The molecule has 1 N–H and O–H groups in total. The smallest absolute Gasteiger partial charge is 0.0832 e. The molecule has 84 valence electrons. The molecule has 0 unspecified atom stereocenters. The van der Waals surface area contributed by atoms with Gasteiger partial charge in [0, 0.05) is 7.05 Å². The summed E-state index contributed by atoms with van der Waals surface area (Å²) < 4.78 is 2.02. The predicted molar refractivity (Wildman–Crippen MR) is 67.2 cm³/mol. The van der Waals surface area contributed by atoms with Crippen LogP contribution in [0.15, 0.2) is 30.3 Å². The molecule has 0 bridgehead atoms. The van der Waals surface area contributed by atoms with Gasteiger partial charge >= 0.3 is 0 Å². The molecule has 0 atom stereocenters. The van der Waals surface area contributed by atoms with Crippen molar-refractivity contribution in [1.29, 1.82) is 0 Å². The Morgan fingerprint density at radius 3 is 2.50 bits per heavy atom. The van der Waals surface area contributed by atoms with Crippen LogP contribution in [-0.4, -0.2) is 16.8 Å². The van der Waals surface area contributed by atoms with E-state index >= 15 is 0 Å². The van der Waals surface area contributed by atoms with Gasteiger partial charge in [0.2, 0.25) is 0 Å². The topological polar surface area (TPSA) is 29.9 Å². The van der Waals surface area contributed by atoms with Crippen LogP contribution in [0.1, 0.15) is 18.3 Å². The maximum Gasteiger partial charge on any atom is 0.0832 e. The second kappa shape index (κ2) is 4.39. The number of aryl methyl sites for hydroxylation is 1. The van der Waals surface area contributed by atoms with E-state index in [1.807, 2.05) is 36.9 Å². The van der Waals surface area contributed by atoms with Gasteiger partial charge in [0.05, 0.1) is 22.8 Å². The van der Waals surface area contributed by atoms with Crippen LogP contribution in [0, 0.1) is 6.92 Å². The lowest BCUT2D eigenvalue weighted by atomic mass is 10.2. The van der Waals surface area contributed by atoms with Crippen LogP contribution in [0.4, 0.5) is 5.69 Å². The molecular formula is C13H17N3. The zero-order chi connectivity index (χ0) is 11.5. The van der Waals surface area contributed by atoms with E-state index in [2.05, 4.69) is 29.5 Å². The summed E-state index contributed by atoms with van der Waals surface area (Å²) in [6.45, 7) is 4.18. The summed E-state index contributed by atoms with van der Waals surface area (Å²) in [7, 11) is 1.94. The van der Waals surface area contributed by atoms with Gasteiger partial charge in [-0.25, -0.2) is 4.68 Å². The highest BCUT2D eigenvalue weighted by atomic mass is 15.3. The van der Waals surface area contributed by atoms with Crippen molar-refractivity contribution >= 4 is 5.69 Å². The molecule has 1 aromatic carbocycles. The summed E-state index contributed by atoms with van der Waals surface area (Å²) in [6.07, 6.45) is 0.964. The fourth-order valence-corrected chi connectivity index (χ4v) is 2.01. The molecule has 3 heteroatoms. The minimum absolute atomic E-state index is 0.964. The van der Waals surface area contributed by atoms with Crippen molar-refractivity contribution in [3.8, 4) is 5.69 Å². The van der Waals surface area contributed by atoms with Crippen LogP contribution in [0.5, 0.6) is 0 Å². The first-order valence-electron chi connectivity index (χ1n) is 5.59. The number of para-hydroxylation sites is 1. The molecule has 0 aliphatic carbocycles. The largest absolute Gasteiger partial charge is 0.385 e. The van der Waals surface area contributed by atoms with Gasteiger partial charge in [-0.2, -0.15) is 5.10 Å². The molecule has 0 saturated heterocycles. The molecule has 0 saturated carbocycles. The van der Waals surface area contributed by atoms with Crippen LogP contribution in [-0.2, 0) is 6.42 Å². The van der Waals surface area contributed by atoms with Gasteiger partial charge in [-0.05, 0) is 25.5 Å². The Morgan fingerprint density at radius 1 is 1.25 bits per heavy atom. The zero-order valence-electron chi connectivity index (χ0n) is 9.99. The summed E-state index contributed by atoms with van der Waals surface area (Å²) in [6, 6.07) is 10.2. The molecule has 1 heterocycles. The third-order valence-corrected chi connectivity index (χ3v) is 2.74. The van der Waals surface area contributed by atoms with E-state index in [1.165, 1.54) is 5.69 Å². The highest BCUT2D eigenvalue weighted by Crippen LogP contribution is 2.23. The van der Waals surface area contributed by atoms with Gasteiger partial charge in [-0.3, -0.25) is 0 Å². The first kappa shape index (κ1) is 10.7. The predicted octanol–water partition coefficient (Wildman–Crippen LogP) is 2.78. The molecule has 0 spiro atoms. The quantitative estimate of drug-likeness (QED) is 0.853. The number of aromatic nitrogens is 2. The van der Waals surface area contributed by atoms with Gasteiger partial charge in [-0.1, -0.05) is 25.1 Å². The minimum atomic E-state index is 0.964. The Hall–Kier alpha value is -1.77. The van der Waals surface area contributed by atoms with E-state index in [1.54, 1.807) is 0 Å². The monoisotopic (exact) mass is 215 g/mol. The van der Waals surface area contributed by atoms with E-state index in [9.17, 15) is 0 Å². The number of hydrogen-bond acceptors (Lipinski definition) is 2. The molecule has 0 amide bonds. The Bertz CT molecular complexity index is 471. The lowest BCUT2D eigenvalue weighted by Crippen LogP contribution is -2.02. The molecule has 2 aromatic rings. The molecule has 2 rings (SSSR count). The molecular weight excluding hydrogens is 198 g/mol. The van der Waals surface area contributed by atoms with Crippen molar-refractivity contribution in [2.45, 2.75) is 20.3 Å². The lowest BCUT2D eigenvalue weighted by molar-refractivity contribution is 0.805. The standard InChI is InChI=1S/C13H17N3/c1-4-12-13(14-3)10(2)15-16(12)11-8-6-5-7-9-11/h5-9,14H,4H2,1-3H3. The molecule has 0 fully saturated rings. The third-order valence-electron chi connectivity index (χ3n) is 2.74. The number of nitrogens with zero attached hydrogens (tertiary/aromatic N) is 2. The molecule has 0 aliphatic heterocycles. The lowest BCUT2D eigenvalue weighted by Gasteiger charge is -2.07. The second-order valence-electron chi connectivity index (χ2n) is 3.76. The Balaban J connectivity index is 2.57. The summed E-state index contributed by atoms with van der Waals surface area (Å²) >= 11 is 0. The maximum atomic E-state index is 4.58. The van der Waals surface area contributed by atoms with E-state index in [0.29, 0.717) is 0 Å². The van der Waals surface area contributed by atoms with Gasteiger partial charge in [0.25, 0.3) is 0 Å². The first-order valence-corrected chi connectivity index (χ1v) is 5.59. The zero-order valence-corrected chi connectivity index (χ0v) is 9.99. The first-order chi connectivity index (χ1) is 7.77. The van der Waals surface area contributed by atoms with E-state index in [0.717, 1.165) is 23.5 Å². The van der Waals surface area contributed by atoms with Crippen molar-refractivity contribution in [1.82, 2.24) is 9.78 Å². The normalized spacial score (nSPS) is 10.4. The second-order valence-corrected chi connectivity index (χ2v) is 3.76. The SMILES string of the molecule is CCc1c(NC)c(C)nn1-c1ccccc1. The van der Waals surface area contributed by atoms with Crippen LogP contribution in [0.25, 0.3) is 5.69 Å². The van der Waals surface area contributed by atoms with E-state index in [-0.39, 0.29) is 0 Å². The summed E-state index contributed by atoms with van der Waals surface area (Å²) in [5, 5.41) is 7.80. The molecule has 3 nitrogen and oxygen atoms in total. The van der Waals surface area contributed by atoms with Crippen molar-refractivity contribution in [3.05, 3.63) is 41.7 Å². The fraction of sp³-hybridized carbons (Fsp3) is 0.308. The Kier molecular flexibility index (Phi) is 2.95. The highest BCUT2D eigenvalue weighted by molar-refractivity contribution is 5.54. The van der Waals surface area contributed by atoms with Gasteiger partial charge in [-0.15, -0.1) is 0 Å². The maximum absolute atomic E-state index is 4.58.